The minimum atomic E-state index is -0.980. The average Bonchev–Trinajstić information content (AvgIpc) is 3.68. The van der Waals surface area contributed by atoms with Crippen LogP contribution in [0.25, 0.3) is 10.9 Å². The number of fused-ring (bicyclic) bond motifs is 3. The molecule has 10 heteroatoms. The van der Waals surface area contributed by atoms with Gasteiger partial charge in [-0.1, -0.05) is 61.4 Å². The first-order valence-corrected chi connectivity index (χ1v) is 15.3. The molecular formula is C33H40N4O6. The van der Waals surface area contributed by atoms with E-state index in [1.54, 1.807) is 22.5 Å². The zero-order chi connectivity index (χ0) is 30.2. The van der Waals surface area contributed by atoms with E-state index in [0.29, 0.717) is 24.8 Å². The predicted molar refractivity (Wildman–Crippen MR) is 160 cm³/mol. The average molecular weight is 589 g/mol. The van der Waals surface area contributed by atoms with E-state index in [0.717, 1.165) is 60.7 Å². The van der Waals surface area contributed by atoms with Crippen molar-refractivity contribution in [2.75, 3.05) is 0 Å². The molecule has 1 fully saturated rings. The number of nitrogens with zero attached hydrogens (tertiary/aromatic N) is 1. The molecule has 1 aliphatic heterocycles. The Bertz CT molecular complexity index is 1430. The van der Waals surface area contributed by atoms with Crippen LogP contribution in [0.5, 0.6) is 0 Å². The van der Waals surface area contributed by atoms with Gasteiger partial charge in [0.05, 0.1) is 6.54 Å². The molecule has 228 valence electrons. The monoisotopic (exact) mass is 588 g/mol. The van der Waals surface area contributed by atoms with Crippen LogP contribution >= 0.6 is 0 Å². The molecule has 3 amide bonds. The van der Waals surface area contributed by atoms with Crippen LogP contribution in [0.4, 0.5) is 0 Å². The topological polar surface area (TPSA) is 141 Å². The van der Waals surface area contributed by atoms with Gasteiger partial charge in [0, 0.05) is 35.9 Å². The molecule has 0 radical (unpaired) electrons. The molecule has 43 heavy (non-hydrogen) atoms. The van der Waals surface area contributed by atoms with E-state index in [1.165, 1.54) is 0 Å². The van der Waals surface area contributed by atoms with Gasteiger partial charge in [0.25, 0.3) is 0 Å². The van der Waals surface area contributed by atoms with Crippen molar-refractivity contribution in [3.63, 3.8) is 0 Å². The normalized spacial score (nSPS) is 17.3. The summed E-state index contributed by atoms with van der Waals surface area (Å²) in [5, 5.41) is 12.6. The third kappa shape index (κ3) is 7.43. The molecule has 0 saturated heterocycles. The summed E-state index contributed by atoms with van der Waals surface area (Å²) in [6, 6.07) is 15.2. The van der Waals surface area contributed by atoms with Gasteiger partial charge in [0.1, 0.15) is 12.1 Å². The lowest BCUT2D eigenvalue weighted by Crippen LogP contribution is -2.53. The summed E-state index contributed by atoms with van der Waals surface area (Å²) in [6.07, 6.45) is 7.08. The van der Waals surface area contributed by atoms with Crippen molar-refractivity contribution in [1.82, 2.24) is 20.7 Å². The molecule has 1 aromatic heterocycles. The first-order valence-electron chi connectivity index (χ1n) is 15.3. The van der Waals surface area contributed by atoms with Gasteiger partial charge < -0.3 is 19.9 Å². The highest BCUT2D eigenvalue weighted by Crippen LogP contribution is 2.32. The number of benzene rings is 2. The molecule has 2 aliphatic rings. The largest absolute Gasteiger partial charge is 0.461 e. The summed E-state index contributed by atoms with van der Waals surface area (Å²) in [5.41, 5.74) is 5.13. The molecule has 10 nitrogen and oxygen atoms in total. The molecule has 1 saturated carbocycles. The molecule has 2 atom stereocenters. The van der Waals surface area contributed by atoms with E-state index in [1.807, 2.05) is 42.5 Å². The predicted octanol–water partition coefficient (Wildman–Crippen LogP) is 4.61. The van der Waals surface area contributed by atoms with Crippen molar-refractivity contribution < 1.29 is 29.1 Å². The number of H-pyrrole nitrogens is 1. The molecular weight excluding hydrogens is 548 g/mol. The van der Waals surface area contributed by atoms with Crippen LogP contribution in [0.3, 0.4) is 0 Å². The van der Waals surface area contributed by atoms with Crippen LogP contribution in [-0.4, -0.2) is 50.9 Å². The minimum Gasteiger partial charge on any atom is -0.461 e. The van der Waals surface area contributed by atoms with Crippen molar-refractivity contribution in [2.24, 2.45) is 0 Å². The molecule has 1 unspecified atom stereocenters. The Hall–Kier alpha value is -4.18. The number of hydrogen-bond donors (Lipinski definition) is 4. The Labute approximate surface area is 251 Å². The quantitative estimate of drug-likeness (QED) is 0.105. The number of amides is 3. The van der Waals surface area contributed by atoms with Gasteiger partial charge in [-0.25, -0.2) is 10.3 Å². The van der Waals surface area contributed by atoms with E-state index >= 15 is 0 Å². The maximum atomic E-state index is 14.0. The van der Waals surface area contributed by atoms with Crippen molar-refractivity contribution >= 4 is 34.6 Å². The number of aromatic nitrogens is 1. The number of esters is 1. The summed E-state index contributed by atoms with van der Waals surface area (Å²) in [4.78, 5) is 57.3. The lowest BCUT2D eigenvalue weighted by Gasteiger charge is -2.36. The van der Waals surface area contributed by atoms with E-state index in [9.17, 15) is 19.2 Å². The molecule has 5 rings (SSSR count). The summed E-state index contributed by atoms with van der Waals surface area (Å²) in [5.74, 6) is -1.44. The fraction of sp³-hybridized carbons (Fsp3) is 0.455. The number of nitrogens with one attached hydrogen (secondary N) is 3. The van der Waals surface area contributed by atoms with Crippen molar-refractivity contribution in [3.05, 3.63) is 71.4 Å². The number of rotatable bonds is 12. The SMILES string of the molecule is O=C(CCCCCCC(=O)N1Cc2[nH]c3ccccc3c2C[C@@H]1C(=O)NC(C(=O)OC1CCCC1)c1ccccc1)NO. The molecule has 1 aliphatic carbocycles. The molecule has 2 heterocycles. The minimum absolute atomic E-state index is 0.137. The Morgan fingerprint density at radius 2 is 1.63 bits per heavy atom. The lowest BCUT2D eigenvalue weighted by molar-refractivity contribution is -0.154. The van der Waals surface area contributed by atoms with E-state index < -0.39 is 29.9 Å². The number of ether oxygens (including phenoxy) is 1. The van der Waals surface area contributed by atoms with Crippen LogP contribution in [0.15, 0.2) is 54.6 Å². The number of hydrogen-bond acceptors (Lipinski definition) is 6. The molecule has 2 aromatic carbocycles. The van der Waals surface area contributed by atoms with Crippen LogP contribution in [0.2, 0.25) is 0 Å². The summed E-state index contributed by atoms with van der Waals surface area (Å²) in [6.45, 7) is 0.264. The second kappa shape index (κ2) is 14.3. The maximum absolute atomic E-state index is 14.0. The molecule has 0 bridgehead atoms. The highest BCUT2D eigenvalue weighted by atomic mass is 16.5. The number of unbranched alkanes of at least 4 members (excludes halogenated alkanes) is 3. The number of hydroxylamine groups is 1. The summed E-state index contributed by atoms with van der Waals surface area (Å²) < 4.78 is 5.82. The maximum Gasteiger partial charge on any atom is 0.333 e. The highest BCUT2D eigenvalue weighted by molar-refractivity contribution is 5.93. The van der Waals surface area contributed by atoms with Gasteiger partial charge in [-0.05, 0) is 55.7 Å². The Kier molecular flexibility index (Phi) is 10.1. The first-order chi connectivity index (χ1) is 20.9. The van der Waals surface area contributed by atoms with Gasteiger partial charge in [-0.15, -0.1) is 0 Å². The first kappa shape index (κ1) is 30.3. The molecule has 4 N–H and O–H groups in total. The second-order valence-corrected chi connectivity index (χ2v) is 11.5. The number of aromatic amines is 1. The van der Waals surface area contributed by atoms with E-state index in [-0.39, 0.29) is 31.4 Å². The van der Waals surface area contributed by atoms with E-state index in [2.05, 4.69) is 10.3 Å². The van der Waals surface area contributed by atoms with Crippen LogP contribution in [0.1, 0.15) is 87.1 Å². The lowest BCUT2D eigenvalue weighted by atomic mass is 9.94. The van der Waals surface area contributed by atoms with Gasteiger partial charge in [0.15, 0.2) is 6.04 Å². The van der Waals surface area contributed by atoms with Crippen LogP contribution in [0, 0.1) is 0 Å². The third-order valence-electron chi connectivity index (χ3n) is 8.54. The van der Waals surface area contributed by atoms with Crippen molar-refractivity contribution in [1.29, 1.82) is 0 Å². The van der Waals surface area contributed by atoms with Crippen molar-refractivity contribution in [2.45, 2.75) is 95.4 Å². The Morgan fingerprint density at radius 3 is 2.37 bits per heavy atom. The zero-order valence-corrected chi connectivity index (χ0v) is 24.3. The van der Waals surface area contributed by atoms with Crippen LogP contribution < -0.4 is 10.8 Å². The smallest absolute Gasteiger partial charge is 0.333 e. The number of carbonyl (C=O) groups excluding carboxylic acids is 4. The third-order valence-corrected chi connectivity index (χ3v) is 8.54. The van der Waals surface area contributed by atoms with Gasteiger partial charge >= 0.3 is 5.97 Å². The Morgan fingerprint density at radius 1 is 0.930 bits per heavy atom. The summed E-state index contributed by atoms with van der Waals surface area (Å²) in [7, 11) is 0. The van der Waals surface area contributed by atoms with Gasteiger partial charge in [0.2, 0.25) is 17.7 Å². The zero-order valence-electron chi connectivity index (χ0n) is 24.3. The van der Waals surface area contributed by atoms with Crippen molar-refractivity contribution in [3.8, 4) is 0 Å². The number of para-hydroxylation sites is 1. The summed E-state index contributed by atoms with van der Waals surface area (Å²) >= 11 is 0. The molecule has 0 spiro atoms. The fourth-order valence-electron chi connectivity index (χ4n) is 6.22. The Balaban J connectivity index is 1.33. The number of carbonyl (C=O) groups is 4. The van der Waals surface area contributed by atoms with E-state index in [4.69, 9.17) is 9.94 Å². The highest BCUT2D eigenvalue weighted by Gasteiger charge is 2.38. The van der Waals surface area contributed by atoms with Gasteiger partial charge in [-0.2, -0.15) is 0 Å². The second-order valence-electron chi connectivity index (χ2n) is 11.5. The molecule has 3 aromatic rings. The standard InChI is InChI=1S/C33H40N4O6/c38-29(36-42)18-6-1-2-7-19-30(39)37-21-27-25(24-16-10-11-17-26(24)34-27)20-28(37)32(40)35-31(22-12-4-3-5-13-22)33(41)43-23-14-8-9-15-23/h3-5,10-13,16-17,23,28,31,34,42H,1-2,6-9,14-15,18-21H2,(H,35,40)(H,36,38)/t28-,31?/m1/s1. The fourth-order valence-corrected chi connectivity index (χ4v) is 6.22. The van der Waals surface area contributed by atoms with Gasteiger partial charge in [-0.3, -0.25) is 19.6 Å². The van der Waals surface area contributed by atoms with Crippen LogP contribution in [-0.2, 0) is 36.9 Å².